The molecule has 0 fully saturated rings. The molecular weight excluding hydrogens is 422 g/mol. The molecule has 0 atom stereocenters. The van der Waals surface area contributed by atoms with E-state index in [1.165, 1.54) is 6.08 Å². The maximum atomic E-state index is 12.4. The summed E-state index contributed by atoms with van der Waals surface area (Å²) in [4.78, 5) is 23.9. The number of aliphatic carboxylic acids is 1. The van der Waals surface area contributed by atoms with Crippen molar-refractivity contribution in [2.45, 2.75) is 20.3 Å². The summed E-state index contributed by atoms with van der Waals surface area (Å²) >= 11 is 3.42. The average Bonchev–Trinajstić information content (AvgIpc) is 2.64. The van der Waals surface area contributed by atoms with Crippen molar-refractivity contribution < 1.29 is 19.4 Å². The predicted octanol–water partition coefficient (Wildman–Crippen LogP) is 5.39. The largest absolute Gasteiger partial charge is 0.477 e. The summed E-state index contributed by atoms with van der Waals surface area (Å²) in [5.74, 6) is -0.308. The molecule has 0 spiro atoms. The quantitative estimate of drug-likeness (QED) is 0.423. The Kier molecular flexibility index (Phi) is 7.18. The van der Waals surface area contributed by atoms with Gasteiger partial charge in [0, 0.05) is 5.41 Å². The van der Waals surface area contributed by atoms with E-state index in [-0.39, 0.29) is 11.6 Å². The van der Waals surface area contributed by atoms with Crippen LogP contribution in [0.2, 0.25) is 0 Å². The van der Waals surface area contributed by atoms with Crippen LogP contribution >= 0.6 is 15.9 Å². The zero-order valence-corrected chi connectivity index (χ0v) is 17.3. The number of nitrogens with one attached hydrogen (secondary N) is 1. The highest BCUT2D eigenvalue weighted by molar-refractivity contribution is 9.10. The Morgan fingerprint density at radius 1 is 1.18 bits per heavy atom. The number of benzene rings is 2. The van der Waals surface area contributed by atoms with Gasteiger partial charge in [-0.05, 0) is 58.3 Å². The number of ether oxygens (including phenoxy) is 1. The molecule has 2 rings (SSSR count). The van der Waals surface area contributed by atoms with Crippen LogP contribution in [0.1, 0.15) is 25.8 Å². The molecule has 0 saturated carbocycles. The van der Waals surface area contributed by atoms with Crippen LogP contribution in [-0.4, -0.2) is 17.0 Å². The minimum absolute atomic E-state index is 0.193. The van der Waals surface area contributed by atoms with E-state index in [1.54, 1.807) is 44.2 Å². The highest BCUT2D eigenvalue weighted by atomic mass is 79.9. The van der Waals surface area contributed by atoms with Crippen LogP contribution in [0.3, 0.4) is 0 Å². The van der Waals surface area contributed by atoms with Crippen LogP contribution in [0, 0.1) is 5.41 Å². The average molecular weight is 444 g/mol. The number of rotatable bonds is 8. The van der Waals surface area contributed by atoms with Gasteiger partial charge in [-0.1, -0.05) is 44.2 Å². The van der Waals surface area contributed by atoms with Gasteiger partial charge in [-0.2, -0.15) is 0 Å². The third-order valence-electron chi connectivity index (χ3n) is 4.00. The number of carboxylic acids is 1. The Hall–Kier alpha value is -2.86. The lowest BCUT2D eigenvalue weighted by Gasteiger charge is -2.21. The first-order valence-electron chi connectivity index (χ1n) is 8.63. The Bertz CT molecular complexity index is 901. The predicted molar refractivity (Wildman–Crippen MR) is 113 cm³/mol. The molecule has 0 heterocycles. The van der Waals surface area contributed by atoms with E-state index in [4.69, 9.17) is 4.74 Å². The number of carboxylic acid groups (broad SMARTS) is 1. The number of halogens is 1. The second-order valence-electron chi connectivity index (χ2n) is 6.80. The van der Waals surface area contributed by atoms with Crippen molar-refractivity contribution in [3.05, 3.63) is 76.9 Å². The molecule has 0 saturated heterocycles. The van der Waals surface area contributed by atoms with Crippen molar-refractivity contribution in [1.82, 2.24) is 5.32 Å². The number of amides is 1. The van der Waals surface area contributed by atoms with Crippen LogP contribution < -0.4 is 10.1 Å². The molecule has 0 aliphatic rings. The first-order valence-corrected chi connectivity index (χ1v) is 9.42. The molecule has 0 aromatic heterocycles. The maximum Gasteiger partial charge on any atom is 0.352 e. The van der Waals surface area contributed by atoms with Crippen molar-refractivity contribution in [2.75, 3.05) is 0 Å². The van der Waals surface area contributed by atoms with Crippen molar-refractivity contribution in [3.63, 3.8) is 0 Å². The molecule has 28 heavy (non-hydrogen) atoms. The van der Waals surface area contributed by atoms with E-state index in [0.717, 1.165) is 4.47 Å². The van der Waals surface area contributed by atoms with Crippen molar-refractivity contribution >= 4 is 33.9 Å². The van der Waals surface area contributed by atoms with Gasteiger partial charge < -0.3 is 15.2 Å². The van der Waals surface area contributed by atoms with Crippen LogP contribution in [0.25, 0.3) is 6.08 Å². The molecule has 0 aliphatic carbocycles. The number of carbonyl (C=O) groups excluding carboxylic acids is 1. The molecule has 2 aromatic carbocycles. The van der Waals surface area contributed by atoms with Gasteiger partial charge in [-0.3, -0.25) is 4.79 Å². The fraction of sp³-hybridized carbons (Fsp3) is 0.182. The molecule has 0 bridgehead atoms. The summed E-state index contributed by atoms with van der Waals surface area (Å²) in [5, 5.41) is 11.9. The minimum Gasteiger partial charge on any atom is -0.477 e. The number of hydrogen-bond acceptors (Lipinski definition) is 3. The van der Waals surface area contributed by atoms with E-state index >= 15 is 0 Å². The highest BCUT2D eigenvalue weighted by Gasteiger charge is 2.27. The molecule has 0 radical (unpaired) electrons. The van der Waals surface area contributed by atoms with E-state index in [2.05, 4.69) is 27.8 Å². The molecule has 2 aromatic rings. The number of allylic oxidation sites excluding steroid dienone is 1. The van der Waals surface area contributed by atoms with E-state index < -0.39 is 11.4 Å². The molecule has 146 valence electrons. The summed E-state index contributed by atoms with van der Waals surface area (Å²) in [6.45, 7) is 7.10. The van der Waals surface area contributed by atoms with Crippen LogP contribution in [0.5, 0.6) is 11.5 Å². The molecule has 5 nitrogen and oxygen atoms in total. The number of para-hydroxylation sites is 1. The first-order chi connectivity index (χ1) is 13.2. The normalized spacial score (nSPS) is 11.6. The summed E-state index contributed by atoms with van der Waals surface area (Å²) < 4.78 is 6.62. The zero-order valence-electron chi connectivity index (χ0n) is 15.7. The Balaban J connectivity index is 2.16. The van der Waals surface area contributed by atoms with Gasteiger partial charge in [0.1, 0.15) is 17.2 Å². The molecule has 2 N–H and O–H groups in total. The van der Waals surface area contributed by atoms with Gasteiger partial charge in [0.05, 0.1) is 4.47 Å². The summed E-state index contributed by atoms with van der Waals surface area (Å²) in [6.07, 6.45) is 3.48. The van der Waals surface area contributed by atoms with Gasteiger partial charge in [0.15, 0.2) is 0 Å². The topological polar surface area (TPSA) is 75.6 Å². The standard InChI is InChI=1S/C22H22BrNO4/c1-4-13-22(2,3)21(27)24-18(20(25)26)14-15-9-11-16(12-10-15)28-19-8-6-5-7-17(19)23/h4-12,14H,1,13H2,2-3H3,(H,24,27)(H,25,26). The number of hydrogen-bond donors (Lipinski definition) is 2. The summed E-state index contributed by atoms with van der Waals surface area (Å²) in [5.41, 5.74) is -0.322. The van der Waals surface area contributed by atoms with E-state index in [1.807, 2.05) is 24.3 Å². The third-order valence-corrected chi connectivity index (χ3v) is 4.66. The second-order valence-corrected chi connectivity index (χ2v) is 7.65. The fourth-order valence-corrected chi connectivity index (χ4v) is 2.72. The summed E-state index contributed by atoms with van der Waals surface area (Å²) in [7, 11) is 0. The Morgan fingerprint density at radius 3 is 2.39 bits per heavy atom. The third kappa shape index (κ3) is 5.82. The van der Waals surface area contributed by atoms with Crippen LogP contribution in [0.15, 0.2) is 71.4 Å². The summed E-state index contributed by atoms with van der Waals surface area (Å²) in [6, 6.07) is 14.4. The molecular formula is C22H22BrNO4. The highest BCUT2D eigenvalue weighted by Crippen LogP contribution is 2.29. The molecule has 6 heteroatoms. The molecule has 1 amide bonds. The van der Waals surface area contributed by atoms with Gasteiger partial charge in [-0.15, -0.1) is 6.58 Å². The van der Waals surface area contributed by atoms with Crippen molar-refractivity contribution in [3.8, 4) is 11.5 Å². The lowest BCUT2D eigenvalue weighted by Crippen LogP contribution is -2.38. The Morgan fingerprint density at radius 2 is 1.82 bits per heavy atom. The molecule has 0 aliphatic heterocycles. The minimum atomic E-state index is -1.21. The van der Waals surface area contributed by atoms with Gasteiger partial charge in [-0.25, -0.2) is 4.79 Å². The SMILES string of the molecule is C=CCC(C)(C)C(=O)NC(=Cc1ccc(Oc2ccccc2Br)cc1)C(=O)O. The number of carbonyl (C=O) groups is 2. The Labute approximate surface area is 172 Å². The van der Waals surface area contributed by atoms with Crippen molar-refractivity contribution in [1.29, 1.82) is 0 Å². The van der Waals surface area contributed by atoms with Crippen LogP contribution in [0.4, 0.5) is 0 Å². The van der Waals surface area contributed by atoms with Gasteiger partial charge in [0.25, 0.3) is 0 Å². The second kappa shape index (κ2) is 9.37. The first kappa shape index (κ1) is 21.4. The van der Waals surface area contributed by atoms with Crippen molar-refractivity contribution in [2.24, 2.45) is 5.41 Å². The monoisotopic (exact) mass is 443 g/mol. The van der Waals surface area contributed by atoms with Crippen LogP contribution in [-0.2, 0) is 9.59 Å². The maximum absolute atomic E-state index is 12.4. The van der Waals surface area contributed by atoms with Gasteiger partial charge >= 0.3 is 5.97 Å². The van der Waals surface area contributed by atoms with E-state index in [0.29, 0.717) is 23.5 Å². The smallest absolute Gasteiger partial charge is 0.352 e. The molecule has 0 unspecified atom stereocenters. The fourth-order valence-electron chi connectivity index (χ4n) is 2.35. The van der Waals surface area contributed by atoms with E-state index in [9.17, 15) is 14.7 Å². The lowest BCUT2D eigenvalue weighted by atomic mass is 9.88. The lowest BCUT2D eigenvalue weighted by molar-refractivity contribution is -0.136. The van der Waals surface area contributed by atoms with Gasteiger partial charge in [0.2, 0.25) is 5.91 Å². The zero-order chi connectivity index (χ0) is 20.7.